The highest BCUT2D eigenvalue weighted by Crippen LogP contribution is 2.46. The zero-order chi connectivity index (χ0) is 21.0. The predicted octanol–water partition coefficient (Wildman–Crippen LogP) is 7.54. The second kappa shape index (κ2) is 6.54. The van der Waals surface area contributed by atoms with E-state index in [0.29, 0.717) is 27.8 Å². The maximum Gasteiger partial charge on any atom is 0.416 e. The van der Waals surface area contributed by atoms with Gasteiger partial charge in [-0.05, 0) is 53.4 Å². The van der Waals surface area contributed by atoms with Gasteiger partial charge in [0.15, 0.2) is 0 Å². The minimum absolute atomic E-state index is 0.225. The van der Waals surface area contributed by atoms with Gasteiger partial charge >= 0.3 is 12.4 Å². The van der Waals surface area contributed by atoms with Gasteiger partial charge < -0.3 is 5.32 Å². The molecule has 0 saturated carbocycles. The molecule has 0 radical (unpaired) electrons. The molecular formula is C22H15F6N. The topological polar surface area (TPSA) is 12.0 Å². The van der Waals surface area contributed by atoms with Gasteiger partial charge in [0.1, 0.15) is 0 Å². The first-order chi connectivity index (χ1) is 13.6. The van der Waals surface area contributed by atoms with E-state index in [9.17, 15) is 26.3 Å². The van der Waals surface area contributed by atoms with Crippen LogP contribution in [0.4, 0.5) is 32.0 Å². The van der Waals surface area contributed by atoms with Crippen LogP contribution in [0.15, 0.2) is 60.7 Å². The van der Waals surface area contributed by atoms with Gasteiger partial charge in [-0.25, -0.2) is 0 Å². The molecule has 29 heavy (non-hydrogen) atoms. The Hall–Kier alpha value is -2.96. The summed E-state index contributed by atoms with van der Waals surface area (Å²) in [5.41, 5.74) is 1.11. The fraction of sp³-hybridized carbons (Fsp3) is 0.182. The van der Waals surface area contributed by atoms with Crippen molar-refractivity contribution in [1.29, 1.82) is 0 Å². The quantitative estimate of drug-likeness (QED) is 0.380. The summed E-state index contributed by atoms with van der Waals surface area (Å²) in [5, 5.41) is 3.09. The van der Waals surface area contributed by atoms with Crippen LogP contribution < -0.4 is 5.32 Å². The van der Waals surface area contributed by atoms with Crippen LogP contribution in [0.25, 0.3) is 22.3 Å². The molecular weight excluding hydrogens is 392 g/mol. The lowest BCUT2D eigenvalue weighted by molar-refractivity contribution is -0.138. The smallest absolute Gasteiger partial charge is 0.378 e. The van der Waals surface area contributed by atoms with Crippen molar-refractivity contribution in [3.63, 3.8) is 0 Å². The van der Waals surface area contributed by atoms with Crippen LogP contribution in [0.2, 0.25) is 0 Å². The SMILES string of the molecule is C[C@H]1Nc2cc(C(F)(F)F)ccc2-c2ccc(C(F)(F)F)cc2-c2ccccc21. The molecule has 0 fully saturated rings. The minimum Gasteiger partial charge on any atom is -0.378 e. The third-order valence-corrected chi connectivity index (χ3v) is 5.07. The Morgan fingerprint density at radius 3 is 1.90 bits per heavy atom. The summed E-state index contributed by atoms with van der Waals surface area (Å²) in [4.78, 5) is 0. The number of benzene rings is 3. The number of halogens is 6. The number of hydrogen-bond acceptors (Lipinski definition) is 1. The van der Waals surface area contributed by atoms with Crippen LogP contribution in [0.3, 0.4) is 0 Å². The Kier molecular flexibility index (Phi) is 4.37. The highest BCUT2D eigenvalue weighted by atomic mass is 19.4. The summed E-state index contributed by atoms with van der Waals surface area (Å²) in [6, 6.07) is 13.1. The maximum absolute atomic E-state index is 13.3. The minimum atomic E-state index is -4.53. The zero-order valence-corrected chi connectivity index (χ0v) is 15.1. The van der Waals surface area contributed by atoms with Gasteiger partial charge in [-0.3, -0.25) is 0 Å². The lowest BCUT2D eigenvalue weighted by atomic mass is 9.85. The molecule has 0 bridgehead atoms. The van der Waals surface area contributed by atoms with Gasteiger partial charge in [0.25, 0.3) is 0 Å². The molecule has 1 aliphatic heterocycles. The predicted molar refractivity (Wildman–Crippen MR) is 99.4 cm³/mol. The third-order valence-electron chi connectivity index (χ3n) is 5.07. The fourth-order valence-electron chi connectivity index (χ4n) is 3.68. The summed E-state index contributed by atoms with van der Waals surface area (Å²) in [5.74, 6) is 0. The van der Waals surface area contributed by atoms with Crippen molar-refractivity contribution >= 4 is 5.69 Å². The summed E-state index contributed by atoms with van der Waals surface area (Å²) < 4.78 is 79.6. The van der Waals surface area contributed by atoms with Crippen LogP contribution in [0.1, 0.15) is 29.7 Å². The average molecular weight is 407 g/mol. The Morgan fingerprint density at radius 1 is 0.655 bits per heavy atom. The van der Waals surface area contributed by atoms with E-state index in [1.54, 1.807) is 31.2 Å². The Balaban J connectivity index is 2.04. The normalized spacial score (nSPS) is 16.0. The molecule has 0 unspecified atom stereocenters. The summed E-state index contributed by atoms with van der Waals surface area (Å²) >= 11 is 0. The first-order valence-corrected chi connectivity index (χ1v) is 8.84. The fourth-order valence-corrected chi connectivity index (χ4v) is 3.68. The van der Waals surface area contributed by atoms with Crippen LogP contribution in [0.5, 0.6) is 0 Å². The molecule has 7 heteroatoms. The van der Waals surface area contributed by atoms with Crippen molar-refractivity contribution in [3.05, 3.63) is 77.4 Å². The first kappa shape index (κ1) is 19.4. The van der Waals surface area contributed by atoms with Crippen LogP contribution >= 0.6 is 0 Å². The molecule has 0 spiro atoms. The molecule has 0 amide bonds. The molecule has 0 aromatic heterocycles. The van der Waals surface area contributed by atoms with E-state index in [2.05, 4.69) is 5.32 Å². The summed E-state index contributed by atoms with van der Waals surface area (Å²) in [6.07, 6.45) is -9.05. The van der Waals surface area contributed by atoms with Gasteiger partial charge in [0, 0.05) is 17.3 Å². The molecule has 150 valence electrons. The van der Waals surface area contributed by atoms with Crippen molar-refractivity contribution in [2.75, 3.05) is 5.32 Å². The summed E-state index contributed by atoms with van der Waals surface area (Å²) in [7, 11) is 0. The lowest BCUT2D eigenvalue weighted by Crippen LogP contribution is -2.14. The van der Waals surface area contributed by atoms with Crippen LogP contribution in [0, 0.1) is 0 Å². The molecule has 1 heterocycles. The maximum atomic E-state index is 13.3. The number of rotatable bonds is 0. The molecule has 1 atom stereocenters. The molecule has 0 saturated heterocycles. The van der Waals surface area contributed by atoms with Gasteiger partial charge in [0.05, 0.1) is 11.1 Å². The number of alkyl halides is 6. The van der Waals surface area contributed by atoms with Crippen molar-refractivity contribution in [2.45, 2.75) is 25.3 Å². The van der Waals surface area contributed by atoms with E-state index < -0.39 is 29.5 Å². The second-order valence-corrected chi connectivity index (χ2v) is 6.97. The van der Waals surface area contributed by atoms with Gasteiger partial charge in [-0.1, -0.05) is 36.4 Å². The summed E-state index contributed by atoms with van der Waals surface area (Å²) in [6.45, 7) is 1.77. The van der Waals surface area contributed by atoms with Crippen LogP contribution in [-0.4, -0.2) is 0 Å². The lowest BCUT2D eigenvalue weighted by Gasteiger charge is -2.27. The Morgan fingerprint density at radius 2 is 1.24 bits per heavy atom. The third kappa shape index (κ3) is 3.45. The van der Waals surface area contributed by atoms with Gasteiger partial charge in [-0.15, -0.1) is 0 Å². The molecule has 4 rings (SSSR count). The molecule has 1 N–H and O–H groups in total. The molecule has 1 nitrogen and oxygen atoms in total. The number of anilines is 1. The standard InChI is InChI=1S/C22H15F6N/c1-12-15-4-2-3-5-16(15)19-10-13(21(23,24)25)6-8-17(19)18-9-7-14(22(26,27)28)11-20(18)29-12/h2-12,29H,1H3/t12-/m1/s1. The highest BCUT2D eigenvalue weighted by molar-refractivity contribution is 5.92. The van der Waals surface area contributed by atoms with E-state index in [0.717, 1.165) is 24.3 Å². The Labute approximate surface area is 163 Å². The first-order valence-electron chi connectivity index (χ1n) is 8.84. The van der Waals surface area contributed by atoms with Crippen molar-refractivity contribution in [1.82, 2.24) is 0 Å². The van der Waals surface area contributed by atoms with Gasteiger partial charge in [-0.2, -0.15) is 26.3 Å². The van der Waals surface area contributed by atoms with Gasteiger partial charge in [0.2, 0.25) is 0 Å². The van der Waals surface area contributed by atoms with E-state index in [4.69, 9.17) is 0 Å². The van der Waals surface area contributed by atoms with E-state index in [1.165, 1.54) is 12.1 Å². The van der Waals surface area contributed by atoms with Crippen molar-refractivity contribution in [3.8, 4) is 22.3 Å². The number of hydrogen-bond donors (Lipinski definition) is 1. The van der Waals surface area contributed by atoms with E-state index in [-0.39, 0.29) is 5.69 Å². The molecule has 3 aromatic carbocycles. The Bertz CT molecular complexity index is 1080. The monoisotopic (exact) mass is 407 g/mol. The van der Waals surface area contributed by atoms with E-state index in [1.807, 2.05) is 0 Å². The molecule has 0 aliphatic carbocycles. The second-order valence-electron chi connectivity index (χ2n) is 6.97. The number of nitrogens with one attached hydrogen (secondary N) is 1. The molecule has 3 aromatic rings. The molecule has 1 aliphatic rings. The van der Waals surface area contributed by atoms with Crippen molar-refractivity contribution < 1.29 is 26.3 Å². The largest absolute Gasteiger partial charge is 0.416 e. The van der Waals surface area contributed by atoms with Crippen molar-refractivity contribution in [2.24, 2.45) is 0 Å². The van der Waals surface area contributed by atoms with E-state index >= 15 is 0 Å². The highest BCUT2D eigenvalue weighted by Gasteiger charge is 2.34. The zero-order valence-electron chi connectivity index (χ0n) is 15.1. The average Bonchev–Trinajstić information content (AvgIpc) is 2.65. The van der Waals surface area contributed by atoms with Crippen LogP contribution in [-0.2, 0) is 12.4 Å². The number of fused-ring (bicyclic) bond motifs is 5.